The SMILES string of the molecule is NC(=O)C1CCN(C(=O)NCc2ccccc2F)CC1. The number of nitrogens with zero attached hydrogens (tertiary/aromatic N) is 1. The summed E-state index contributed by atoms with van der Waals surface area (Å²) in [6, 6.07) is 6.09. The van der Waals surface area contributed by atoms with Crippen LogP contribution < -0.4 is 11.1 Å². The first-order valence-corrected chi connectivity index (χ1v) is 6.63. The Bertz CT molecular complexity index is 499. The minimum atomic E-state index is -0.333. The number of hydrogen-bond donors (Lipinski definition) is 2. The van der Waals surface area contributed by atoms with E-state index < -0.39 is 0 Å². The van der Waals surface area contributed by atoms with Crippen molar-refractivity contribution in [2.24, 2.45) is 11.7 Å². The van der Waals surface area contributed by atoms with Gasteiger partial charge in [-0.15, -0.1) is 0 Å². The average molecular weight is 279 g/mol. The molecule has 0 bridgehead atoms. The molecule has 3 N–H and O–H groups in total. The molecule has 0 atom stereocenters. The molecule has 3 amide bonds. The van der Waals surface area contributed by atoms with Crippen LogP contribution in [0.3, 0.4) is 0 Å². The van der Waals surface area contributed by atoms with Crippen molar-refractivity contribution in [2.75, 3.05) is 13.1 Å². The monoisotopic (exact) mass is 279 g/mol. The number of rotatable bonds is 3. The molecule has 1 aliphatic rings. The van der Waals surface area contributed by atoms with E-state index in [1.165, 1.54) is 6.07 Å². The summed E-state index contributed by atoms with van der Waals surface area (Å²) in [4.78, 5) is 24.6. The first-order valence-electron chi connectivity index (χ1n) is 6.63. The van der Waals surface area contributed by atoms with E-state index in [2.05, 4.69) is 5.32 Å². The van der Waals surface area contributed by atoms with Crippen molar-refractivity contribution in [2.45, 2.75) is 19.4 Å². The van der Waals surface area contributed by atoms with Gasteiger partial charge in [0, 0.05) is 31.1 Å². The van der Waals surface area contributed by atoms with E-state index in [4.69, 9.17) is 5.73 Å². The molecule has 0 radical (unpaired) electrons. The number of likely N-dealkylation sites (tertiary alicyclic amines) is 1. The van der Waals surface area contributed by atoms with Crippen LogP contribution in [0.5, 0.6) is 0 Å². The molecule has 1 aliphatic heterocycles. The van der Waals surface area contributed by atoms with Crippen molar-refractivity contribution in [1.29, 1.82) is 0 Å². The number of piperidine rings is 1. The second-order valence-corrected chi connectivity index (χ2v) is 4.91. The zero-order valence-corrected chi connectivity index (χ0v) is 11.1. The Balaban J connectivity index is 1.82. The highest BCUT2D eigenvalue weighted by Crippen LogP contribution is 2.16. The van der Waals surface area contributed by atoms with E-state index in [9.17, 15) is 14.0 Å². The molecule has 0 aliphatic carbocycles. The number of amides is 3. The highest BCUT2D eigenvalue weighted by Gasteiger charge is 2.25. The minimum absolute atomic E-state index is 0.148. The lowest BCUT2D eigenvalue weighted by atomic mass is 9.96. The quantitative estimate of drug-likeness (QED) is 0.873. The first-order chi connectivity index (χ1) is 9.58. The average Bonchev–Trinajstić information content (AvgIpc) is 2.46. The number of hydrogen-bond acceptors (Lipinski definition) is 2. The molecule has 1 heterocycles. The number of carbonyl (C=O) groups excluding carboxylic acids is 2. The van der Waals surface area contributed by atoms with Crippen LogP contribution in [0.4, 0.5) is 9.18 Å². The van der Waals surface area contributed by atoms with E-state index in [1.807, 2.05) is 0 Å². The van der Waals surface area contributed by atoms with Crippen LogP contribution in [0, 0.1) is 11.7 Å². The molecule has 1 aromatic rings. The van der Waals surface area contributed by atoms with Crippen molar-refractivity contribution in [1.82, 2.24) is 10.2 Å². The molecule has 0 saturated carbocycles. The first kappa shape index (κ1) is 14.3. The maximum atomic E-state index is 13.4. The lowest BCUT2D eigenvalue weighted by Gasteiger charge is -2.30. The Kier molecular flexibility index (Phi) is 4.55. The van der Waals surface area contributed by atoms with Gasteiger partial charge in [-0.2, -0.15) is 0 Å². The van der Waals surface area contributed by atoms with Crippen LogP contribution in [0.2, 0.25) is 0 Å². The normalized spacial score (nSPS) is 15.9. The van der Waals surface area contributed by atoms with Gasteiger partial charge in [-0.25, -0.2) is 9.18 Å². The maximum Gasteiger partial charge on any atom is 0.317 e. The molecular formula is C14H18FN3O2. The number of carbonyl (C=O) groups is 2. The fourth-order valence-corrected chi connectivity index (χ4v) is 2.29. The van der Waals surface area contributed by atoms with E-state index in [1.54, 1.807) is 23.1 Å². The van der Waals surface area contributed by atoms with Crippen LogP contribution >= 0.6 is 0 Å². The van der Waals surface area contributed by atoms with Crippen LogP contribution in [-0.4, -0.2) is 29.9 Å². The number of nitrogens with one attached hydrogen (secondary N) is 1. The van der Waals surface area contributed by atoms with Crippen LogP contribution in [-0.2, 0) is 11.3 Å². The molecule has 0 aromatic heterocycles. The fraction of sp³-hybridized carbons (Fsp3) is 0.429. The summed E-state index contributed by atoms with van der Waals surface area (Å²) in [7, 11) is 0. The fourth-order valence-electron chi connectivity index (χ4n) is 2.29. The van der Waals surface area contributed by atoms with Gasteiger partial charge in [-0.1, -0.05) is 18.2 Å². The standard InChI is InChI=1S/C14H18FN3O2/c15-12-4-2-1-3-11(12)9-17-14(20)18-7-5-10(6-8-18)13(16)19/h1-4,10H,5-9H2,(H2,16,19)(H,17,20). The molecule has 5 nitrogen and oxygen atoms in total. The van der Waals surface area contributed by atoms with E-state index in [0.717, 1.165) is 0 Å². The zero-order chi connectivity index (χ0) is 14.5. The molecule has 0 unspecified atom stereocenters. The summed E-state index contributed by atoms with van der Waals surface area (Å²) < 4.78 is 13.4. The summed E-state index contributed by atoms with van der Waals surface area (Å²) in [6.07, 6.45) is 1.17. The van der Waals surface area contributed by atoms with Crippen molar-refractivity contribution in [3.05, 3.63) is 35.6 Å². The van der Waals surface area contributed by atoms with Crippen LogP contribution in [0.1, 0.15) is 18.4 Å². The van der Waals surface area contributed by atoms with Crippen molar-refractivity contribution in [3.8, 4) is 0 Å². The molecule has 1 fully saturated rings. The number of primary amides is 1. The molecule has 6 heteroatoms. The number of urea groups is 1. The van der Waals surface area contributed by atoms with E-state index in [0.29, 0.717) is 31.5 Å². The third-order valence-corrected chi connectivity index (χ3v) is 3.57. The van der Waals surface area contributed by atoms with Crippen molar-refractivity contribution in [3.63, 3.8) is 0 Å². The van der Waals surface area contributed by atoms with Gasteiger partial charge in [-0.3, -0.25) is 4.79 Å². The summed E-state index contributed by atoms with van der Waals surface area (Å²) in [6.45, 7) is 1.15. The van der Waals surface area contributed by atoms with Crippen molar-refractivity contribution < 1.29 is 14.0 Å². The molecule has 0 spiro atoms. The molecule has 108 valence electrons. The Labute approximate surface area is 116 Å². The molecule has 20 heavy (non-hydrogen) atoms. The molecule has 1 aromatic carbocycles. The molecule has 1 saturated heterocycles. The van der Waals surface area contributed by atoms with Gasteiger partial charge in [0.25, 0.3) is 0 Å². The van der Waals surface area contributed by atoms with Crippen LogP contribution in [0.15, 0.2) is 24.3 Å². The van der Waals surface area contributed by atoms with Gasteiger partial charge in [0.05, 0.1) is 0 Å². The smallest absolute Gasteiger partial charge is 0.317 e. The maximum absolute atomic E-state index is 13.4. The lowest BCUT2D eigenvalue weighted by molar-refractivity contribution is -0.123. The lowest BCUT2D eigenvalue weighted by Crippen LogP contribution is -2.46. The number of benzene rings is 1. The summed E-state index contributed by atoms with van der Waals surface area (Å²) in [5, 5.41) is 2.68. The van der Waals surface area contributed by atoms with Gasteiger partial charge >= 0.3 is 6.03 Å². The number of nitrogens with two attached hydrogens (primary N) is 1. The summed E-state index contributed by atoms with van der Waals surface area (Å²) in [5.74, 6) is -0.790. The highest BCUT2D eigenvalue weighted by atomic mass is 19.1. The second kappa shape index (κ2) is 6.36. The summed E-state index contributed by atoms with van der Waals surface area (Å²) >= 11 is 0. The molecular weight excluding hydrogens is 261 g/mol. The van der Waals surface area contributed by atoms with Gasteiger partial charge < -0.3 is 16.0 Å². The predicted molar refractivity (Wildman–Crippen MR) is 72.1 cm³/mol. The van der Waals surface area contributed by atoms with Gasteiger partial charge in [0.1, 0.15) is 5.82 Å². The third kappa shape index (κ3) is 3.46. The second-order valence-electron chi connectivity index (χ2n) is 4.91. The van der Waals surface area contributed by atoms with E-state index >= 15 is 0 Å². The highest BCUT2D eigenvalue weighted by molar-refractivity contribution is 5.78. The number of halogens is 1. The van der Waals surface area contributed by atoms with Gasteiger partial charge in [0.2, 0.25) is 5.91 Å². The van der Waals surface area contributed by atoms with Crippen molar-refractivity contribution >= 4 is 11.9 Å². The Hall–Kier alpha value is -2.11. The predicted octanol–water partition coefficient (Wildman–Crippen LogP) is 1.23. The third-order valence-electron chi connectivity index (χ3n) is 3.57. The topological polar surface area (TPSA) is 75.4 Å². The Morgan fingerprint density at radius 1 is 1.30 bits per heavy atom. The zero-order valence-electron chi connectivity index (χ0n) is 11.1. The van der Waals surface area contributed by atoms with E-state index in [-0.39, 0.29) is 30.2 Å². The minimum Gasteiger partial charge on any atom is -0.369 e. The molecule has 2 rings (SSSR count). The Morgan fingerprint density at radius 2 is 1.95 bits per heavy atom. The van der Waals surface area contributed by atoms with Gasteiger partial charge in [-0.05, 0) is 18.9 Å². The van der Waals surface area contributed by atoms with Gasteiger partial charge in [0.15, 0.2) is 0 Å². The largest absolute Gasteiger partial charge is 0.369 e. The van der Waals surface area contributed by atoms with Crippen LogP contribution in [0.25, 0.3) is 0 Å². The Morgan fingerprint density at radius 3 is 2.55 bits per heavy atom. The summed E-state index contributed by atoms with van der Waals surface area (Å²) in [5.41, 5.74) is 5.69.